The van der Waals surface area contributed by atoms with E-state index < -0.39 is 0 Å². The van der Waals surface area contributed by atoms with Gasteiger partial charge in [-0.1, -0.05) is 21.1 Å². The van der Waals surface area contributed by atoms with E-state index in [1.807, 2.05) is 25.1 Å². The van der Waals surface area contributed by atoms with Gasteiger partial charge >= 0.3 is 0 Å². The lowest BCUT2D eigenvalue weighted by molar-refractivity contribution is 0.318. The maximum Gasteiger partial charge on any atom is 0.192 e. The Morgan fingerprint density at radius 1 is 1.37 bits per heavy atom. The zero-order valence-corrected chi connectivity index (χ0v) is 11.8. The van der Waals surface area contributed by atoms with E-state index in [4.69, 9.17) is 15.7 Å². The topological polar surface area (TPSA) is 80.7 Å². The predicted molar refractivity (Wildman–Crippen MR) is 75.7 cm³/mol. The molecule has 0 unspecified atom stereocenters. The van der Waals surface area contributed by atoms with Crippen molar-refractivity contribution in [1.82, 2.24) is 4.98 Å². The van der Waals surface area contributed by atoms with Gasteiger partial charge in [0.2, 0.25) is 0 Å². The molecule has 0 bridgehead atoms. The molecule has 1 heterocycles. The standard InChI is InChI=1S/C13H12BrN3O2/c1-8-7-9(14)4-5-10(8)19-11-3-2-6-16-12(11)13(15)17-18/h2-7,18H,1H3,(H2,15,17). The summed E-state index contributed by atoms with van der Waals surface area (Å²) < 4.78 is 6.74. The van der Waals surface area contributed by atoms with Gasteiger partial charge in [-0.15, -0.1) is 0 Å². The van der Waals surface area contributed by atoms with Gasteiger partial charge in [-0.2, -0.15) is 0 Å². The predicted octanol–water partition coefficient (Wildman–Crippen LogP) is 3.04. The number of halogens is 1. The molecule has 0 saturated carbocycles. The summed E-state index contributed by atoms with van der Waals surface area (Å²) in [6.45, 7) is 1.93. The Morgan fingerprint density at radius 3 is 2.84 bits per heavy atom. The highest BCUT2D eigenvalue weighted by molar-refractivity contribution is 9.10. The average Bonchev–Trinajstić information content (AvgIpc) is 2.41. The molecule has 2 rings (SSSR count). The number of oxime groups is 1. The Bertz CT molecular complexity index is 629. The van der Waals surface area contributed by atoms with E-state index in [2.05, 4.69) is 26.1 Å². The molecule has 0 saturated heterocycles. The van der Waals surface area contributed by atoms with Crippen LogP contribution in [0.25, 0.3) is 0 Å². The summed E-state index contributed by atoms with van der Waals surface area (Å²) in [5, 5.41) is 11.7. The quantitative estimate of drug-likeness (QED) is 0.394. The first kappa shape index (κ1) is 13.4. The lowest BCUT2D eigenvalue weighted by atomic mass is 10.2. The number of nitrogens with zero attached hydrogens (tertiary/aromatic N) is 2. The van der Waals surface area contributed by atoms with Gasteiger partial charge in [-0.3, -0.25) is 0 Å². The SMILES string of the molecule is Cc1cc(Br)ccc1Oc1cccnc1/C(N)=N/O. The van der Waals surface area contributed by atoms with E-state index >= 15 is 0 Å². The maximum absolute atomic E-state index is 8.73. The Labute approximate surface area is 118 Å². The van der Waals surface area contributed by atoms with Crippen molar-refractivity contribution in [2.75, 3.05) is 0 Å². The Balaban J connectivity index is 2.38. The molecule has 0 amide bonds. The lowest BCUT2D eigenvalue weighted by Crippen LogP contribution is -2.16. The molecule has 19 heavy (non-hydrogen) atoms. The Hall–Kier alpha value is -2.08. The number of pyridine rings is 1. The fraction of sp³-hybridized carbons (Fsp3) is 0.0769. The number of rotatable bonds is 3. The van der Waals surface area contributed by atoms with Crippen LogP contribution in [0.5, 0.6) is 11.5 Å². The van der Waals surface area contributed by atoms with Crippen molar-refractivity contribution in [3.05, 3.63) is 52.3 Å². The molecule has 3 N–H and O–H groups in total. The lowest BCUT2D eigenvalue weighted by Gasteiger charge is -2.11. The molecule has 5 nitrogen and oxygen atoms in total. The van der Waals surface area contributed by atoms with E-state index in [1.54, 1.807) is 18.3 Å². The first-order valence-electron chi connectivity index (χ1n) is 5.48. The number of hydrogen-bond donors (Lipinski definition) is 2. The van der Waals surface area contributed by atoms with Crippen LogP contribution in [0.3, 0.4) is 0 Å². The van der Waals surface area contributed by atoms with Crippen LogP contribution >= 0.6 is 15.9 Å². The van der Waals surface area contributed by atoms with Crippen LogP contribution < -0.4 is 10.5 Å². The summed E-state index contributed by atoms with van der Waals surface area (Å²) in [6.07, 6.45) is 1.55. The Morgan fingerprint density at radius 2 is 2.16 bits per heavy atom. The van der Waals surface area contributed by atoms with Crippen LogP contribution in [0, 0.1) is 6.92 Å². The number of benzene rings is 1. The molecule has 0 aliphatic heterocycles. The molecule has 2 aromatic rings. The molecule has 0 spiro atoms. The van der Waals surface area contributed by atoms with E-state index in [1.165, 1.54) is 0 Å². The smallest absolute Gasteiger partial charge is 0.192 e. The number of hydrogen-bond acceptors (Lipinski definition) is 4. The van der Waals surface area contributed by atoms with E-state index in [0.29, 0.717) is 17.2 Å². The number of aromatic nitrogens is 1. The van der Waals surface area contributed by atoms with Crippen molar-refractivity contribution in [2.24, 2.45) is 10.9 Å². The first-order chi connectivity index (χ1) is 9.11. The highest BCUT2D eigenvalue weighted by atomic mass is 79.9. The second-order valence-corrected chi connectivity index (χ2v) is 4.76. The number of aryl methyl sites for hydroxylation is 1. The number of ether oxygens (including phenoxy) is 1. The molecule has 98 valence electrons. The second kappa shape index (κ2) is 5.71. The fourth-order valence-electron chi connectivity index (χ4n) is 1.56. The van der Waals surface area contributed by atoms with Gasteiger partial charge in [0.15, 0.2) is 17.3 Å². The molecule has 1 aromatic heterocycles. The summed E-state index contributed by atoms with van der Waals surface area (Å²) in [5.41, 5.74) is 6.82. The third-order valence-electron chi connectivity index (χ3n) is 2.48. The number of amidine groups is 1. The van der Waals surface area contributed by atoms with Gasteiger partial charge in [0.25, 0.3) is 0 Å². The van der Waals surface area contributed by atoms with Crippen molar-refractivity contribution >= 4 is 21.8 Å². The normalized spacial score (nSPS) is 11.4. The second-order valence-electron chi connectivity index (χ2n) is 3.85. The van der Waals surface area contributed by atoms with Crippen LogP contribution in [0.15, 0.2) is 46.2 Å². The summed E-state index contributed by atoms with van der Waals surface area (Å²) in [6, 6.07) is 9.08. The van der Waals surface area contributed by atoms with Crippen LogP contribution in [-0.4, -0.2) is 16.0 Å². The Kier molecular flexibility index (Phi) is 4.01. The van der Waals surface area contributed by atoms with E-state index in [-0.39, 0.29) is 5.84 Å². The molecule has 1 aromatic carbocycles. The zero-order chi connectivity index (χ0) is 13.8. The summed E-state index contributed by atoms with van der Waals surface area (Å²) >= 11 is 3.39. The largest absolute Gasteiger partial charge is 0.455 e. The molecule has 6 heteroatoms. The van der Waals surface area contributed by atoms with Crippen molar-refractivity contribution < 1.29 is 9.94 Å². The van der Waals surface area contributed by atoms with Gasteiger partial charge in [-0.25, -0.2) is 4.98 Å². The maximum atomic E-state index is 8.73. The molecule has 0 atom stereocenters. The molecule has 0 fully saturated rings. The monoisotopic (exact) mass is 321 g/mol. The molecular formula is C13H12BrN3O2. The molecule has 0 aliphatic rings. The van der Waals surface area contributed by atoms with Crippen molar-refractivity contribution in [3.63, 3.8) is 0 Å². The van der Waals surface area contributed by atoms with Gasteiger partial charge < -0.3 is 15.7 Å². The van der Waals surface area contributed by atoms with Gasteiger partial charge in [0.05, 0.1) is 0 Å². The van der Waals surface area contributed by atoms with Crippen LogP contribution in [0.4, 0.5) is 0 Å². The van der Waals surface area contributed by atoms with Crippen molar-refractivity contribution in [2.45, 2.75) is 6.92 Å². The minimum Gasteiger partial charge on any atom is -0.455 e. The highest BCUT2D eigenvalue weighted by Gasteiger charge is 2.11. The van der Waals surface area contributed by atoms with Gasteiger partial charge in [0.1, 0.15) is 5.75 Å². The van der Waals surface area contributed by atoms with E-state index in [9.17, 15) is 0 Å². The summed E-state index contributed by atoms with van der Waals surface area (Å²) in [4.78, 5) is 4.04. The van der Waals surface area contributed by atoms with Crippen molar-refractivity contribution in [1.29, 1.82) is 0 Å². The third-order valence-corrected chi connectivity index (χ3v) is 2.97. The summed E-state index contributed by atoms with van der Waals surface area (Å²) in [7, 11) is 0. The molecule has 0 radical (unpaired) electrons. The van der Waals surface area contributed by atoms with Gasteiger partial charge in [-0.05, 0) is 42.8 Å². The minimum absolute atomic E-state index is 0.0923. The highest BCUT2D eigenvalue weighted by Crippen LogP contribution is 2.28. The van der Waals surface area contributed by atoms with Gasteiger partial charge in [0, 0.05) is 10.7 Å². The van der Waals surface area contributed by atoms with Crippen LogP contribution in [-0.2, 0) is 0 Å². The van der Waals surface area contributed by atoms with Crippen molar-refractivity contribution in [3.8, 4) is 11.5 Å². The van der Waals surface area contributed by atoms with E-state index in [0.717, 1.165) is 10.0 Å². The van der Waals surface area contributed by atoms with Crippen LogP contribution in [0.2, 0.25) is 0 Å². The molecule has 0 aliphatic carbocycles. The van der Waals surface area contributed by atoms with Crippen LogP contribution in [0.1, 0.15) is 11.3 Å². The molecular weight excluding hydrogens is 310 g/mol. The first-order valence-corrected chi connectivity index (χ1v) is 6.28. The third kappa shape index (κ3) is 3.03. The minimum atomic E-state index is -0.0923. The average molecular weight is 322 g/mol. The fourth-order valence-corrected chi connectivity index (χ4v) is 2.03. The zero-order valence-electron chi connectivity index (χ0n) is 10.2. The number of nitrogens with two attached hydrogens (primary N) is 1. The summed E-state index contributed by atoms with van der Waals surface area (Å²) in [5.74, 6) is 1.02.